The molecule has 0 N–H and O–H groups in total. The zero-order chi connectivity index (χ0) is 22.2. The van der Waals surface area contributed by atoms with Gasteiger partial charge in [-0.25, -0.2) is 9.97 Å². The minimum atomic E-state index is -0.152. The number of ether oxygens (including phenoxy) is 2. The highest BCUT2D eigenvalue weighted by molar-refractivity contribution is 5.96. The van der Waals surface area contributed by atoms with E-state index in [4.69, 9.17) is 9.47 Å². The van der Waals surface area contributed by atoms with Gasteiger partial charge in [-0.1, -0.05) is 6.07 Å². The van der Waals surface area contributed by atoms with E-state index in [0.29, 0.717) is 29.8 Å². The number of aromatic nitrogens is 5. The van der Waals surface area contributed by atoms with Crippen molar-refractivity contribution >= 4 is 5.91 Å². The molecule has 166 valence electrons. The number of likely N-dealkylation sites (tertiary alicyclic amines) is 1. The monoisotopic (exact) mass is 434 g/mol. The molecule has 9 heteroatoms. The topological polar surface area (TPSA) is 95.3 Å². The third-order valence-electron chi connectivity index (χ3n) is 6.35. The van der Waals surface area contributed by atoms with Gasteiger partial charge >= 0.3 is 0 Å². The van der Waals surface area contributed by atoms with Crippen molar-refractivity contribution in [3.8, 4) is 11.6 Å². The molecule has 1 saturated heterocycles. The summed E-state index contributed by atoms with van der Waals surface area (Å²) in [5.74, 6) is 0.732. The molecule has 3 aromatic rings. The van der Waals surface area contributed by atoms with Crippen LogP contribution in [0.5, 0.6) is 5.88 Å². The Bertz CT molecular complexity index is 1100. The van der Waals surface area contributed by atoms with Crippen LogP contribution >= 0.6 is 0 Å². The molecule has 4 heterocycles. The van der Waals surface area contributed by atoms with Crippen LogP contribution in [-0.2, 0) is 4.74 Å². The average Bonchev–Trinajstić information content (AvgIpc) is 3.52. The van der Waals surface area contributed by atoms with Gasteiger partial charge in [0, 0.05) is 25.1 Å². The van der Waals surface area contributed by atoms with Crippen LogP contribution < -0.4 is 4.74 Å². The maximum absolute atomic E-state index is 13.9. The molecule has 1 saturated carbocycles. The number of rotatable bonds is 6. The molecule has 0 aromatic carbocycles. The molecule has 2 fully saturated rings. The first-order valence-electron chi connectivity index (χ1n) is 10.8. The van der Waals surface area contributed by atoms with Gasteiger partial charge in [0.2, 0.25) is 5.88 Å². The first-order valence-corrected chi connectivity index (χ1v) is 10.8. The van der Waals surface area contributed by atoms with Gasteiger partial charge in [-0.3, -0.25) is 4.79 Å². The van der Waals surface area contributed by atoms with Crippen molar-refractivity contribution in [2.75, 3.05) is 13.7 Å². The summed E-state index contributed by atoms with van der Waals surface area (Å²) in [4.78, 5) is 26.2. The van der Waals surface area contributed by atoms with Gasteiger partial charge in [0.15, 0.2) is 5.69 Å². The van der Waals surface area contributed by atoms with E-state index in [9.17, 15) is 4.79 Å². The summed E-state index contributed by atoms with van der Waals surface area (Å²) in [6, 6.07) is 7.45. The Kier molecular flexibility index (Phi) is 5.34. The van der Waals surface area contributed by atoms with Crippen molar-refractivity contribution in [2.45, 2.75) is 44.9 Å². The molecular weight excluding hydrogens is 408 g/mol. The number of methoxy groups -OCH3 is 1. The first-order chi connectivity index (χ1) is 15.5. The number of piperidine rings is 1. The van der Waals surface area contributed by atoms with Crippen molar-refractivity contribution < 1.29 is 14.3 Å². The third-order valence-corrected chi connectivity index (χ3v) is 6.35. The Morgan fingerprint density at radius 2 is 1.94 bits per heavy atom. The van der Waals surface area contributed by atoms with Gasteiger partial charge in [-0.2, -0.15) is 10.2 Å². The zero-order valence-electron chi connectivity index (χ0n) is 18.4. The molecule has 1 aliphatic heterocycles. The van der Waals surface area contributed by atoms with Crippen molar-refractivity contribution in [3.05, 3.63) is 59.8 Å². The number of hydrogen-bond donors (Lipinski definition) is 0. The van der Waals surface area contributed by atoms with Crippen molar-refractivity contribution in [3.63, 3.8) is 0 Å². The quantitative estimate of drug-likeness (QED) is 0.588. The molecule has 0 radical (unpaired) electrons. The highest BCUT2D eigenvalue weighted by Gasteiger charge is 2.54. The summed E-state index contributed by atoms with van der Waals surface area (Å²) in [6.07, 6.45) is 6.57. The summed E-state index contributed by atoms with van der Waals surface area (Å²) >= 11 is 0. The molecule has 2 bridgehead atoms. The minimum absolute atomic E-state index is 0.0240. The number of aryl methyl sites for hydroxylation is 2. The largest absolute Gasteiger partial charge is 0.472 e. The number of carbonyl (C=O) groups is 1. The predicted molar refractivity (Wildman–Crippen MR) is 116 cm³/mol. The van der Waals surface area contributed by atoms with Gasteiger partial charge in [0.05, 0.1) is 31.1 Å². The van der Waals surface area contributed by atoms with Crippen LogP contribution in [0, 0.1) is 19.8 Å². The third kappa shape index (κ3) is 3.62. The van der Waals surface area contributed by atoms with Gasteiger partial charge in [-0.05, 0) is 50.3 Å². The second kappa shape index (κ2) is 8.31. The molecular formula is C23H26N6O3. The van der Waals surface area contributed by atoms with E-state index in [0.717, 1.165) is 24.1 Å². The number of fused-ring (bicyclic) bond motifs is 2. The molecule has 0 spiro atoms. The lowest BCUT2D eigenvalue weighted by atomic mass is 9.97. The van der Waals surface area contributed by atoms with Crippen LogP contribution in [0.2, 0.25) is 0 Å². The second-order valence-corrected chi connectivity index (χ2v) is 8.50. The summed E-state index contributed by atoms with van der Waals surface area (Å²) < 4.78 is 11.7. The van der Waals surface area contributed by atoms with E-state index in [1.165, 1.54) is 4.80 Å². The summed E-state index contributed by atoms with van der Waals surface area (Å²) in [5, 5.41) is 8.41. The lowest BCUT2D eigenvalue weighted by molar-refractivity contribution is 0.00763. The van der Waals surface area contributed by atoms with Crippen LogP contribution in [0.4, 0.5) is 0 Å². The molecule has 32 heavy (non-hydrogen) atoms. The van der Waals surface area contributed by atoms with E-state index >= 15 is 0 Å². The van der Waals surface area contributed by atoms with Crippen LogP contribution in [0.1, 0.15) is 34.6 Å². The highest BCUT2D eigenvalue weighted by atomic mass is 16.5. The van der Waals surface area contributed by atoms with Gasteiger partial charge < -0.3 is 14.4 Å². The summed E-state index contributed by atoms with van der Waals surface area (Å²) in [6.45, 7) is 4.34. The van der Waals surface area contributed by atoms with E-state index in [1.807, 2.05) is 43.0 Å². The van der Waals surface area contributed by atoms with Gasteiger partial charge in [0.1, 0.15) is 11.8 Å². The normalized spacial score (nSPS) is 24.2. The molecule has 2 aliphatic rings. The molecule has 3 aromatic heterocycles. The molecule has 4 atom stereocenters. The lowest BCUT2D eigenvalue weighted by Crippen LogP contribution is -2.53. The Balaban J connectivity index is 1.47. The van der Waals surface area contributed by atoms with Gasteiger partial charge in [0.25, 0.3) is 5.91 Å². The Hall–Kier alpha value is -3.33. The van der Waals surface area contributed by atoms with Crippen molar-refractivity contribution in [1.29, 1.82) is 0 Å². The van der Waals surface area contributed by atoms with Crippen LogP contribution in [-0.4, -0.2) is 67.7 Å². The SMILES string of the molecule is COCC1C2CC(Oc3ccc(C)cn3)C(C2)N1C(=O)c1nc(C)ccc1-n1nccn1. The van der Waals surface area contributed by atoms with E-state index < -0.39 is 0 Å². The number of amides is 1. The number of nitrogens with zero attached hydrogens (tertiary/aromatic N) is 6. The van der Waals surface area contributed by atoms with Crippen LogP contribution in [0.25, 0.3) is 5.69 Å². The number of hydrogen-bond acceptors (Lipinski definition) is 7. The molecule has 5 rings (SSSR count). The van der Waals surface area contributed by atoms with Crippen LogP contribution in [0.15, 0.2) is 42.9 Å². The Labute approximate surface area is 186 Å². The number of carbonyl (C=O) groups excluding carboxylic acids is 1. The minimum Gasteiger partial charge on any atom is -0.472 e. The lowest BCUT2D eigenvalue weighted by Gasteiger charge is -2.39. The van der Waals surface area contributed by atoms with Crippen molar-refractivity contribution in [1.82, 2.24) is 29.9 Å². The highest BCUT2D eigenvalue weighted by Crippen LogP contribution is 2.45. The predicted octanol–water partition coefficient (Wildman–Crippen LogP) is 2.37. The van der Waals surface area contributed by atoms with E-state index in [2.05, 4.69) is 20.2 Å². The maximum atomic E-state index is 13.9. The zero-order valence-corrected chi connectivity index (χ0v) is 18.4. The van der Waals surface area contributed by atoms with E-state index in [-0.39, 0.29) is 24.1 Å². The second-order valence-electron chi connectivity index (χ2n) is 8.50. The Morgan fingerprint density at radius 3 is 2.66 bits per heavy atom. The van der Waals surface area contributed by atoms with E-state index in [1.54, 1.807) is 25.7 Å². The fraction of sp³-hybridized carbons (Fsp3) is 0.435. The van der Waals surface area contributed by atoms with Crippen molar-refractivity contribution in [2.24, 2.45) is 5.92 Å². The molecule has 9 nitrogen and oxygen atoms in total. The fourth-order valence-corrected chi connectivity index (χ4v) is 4.92. The van der Waals surface area contributed by atoms with Gasteiger partial charge in [-0.15, -0.1) is 4.80 Å². The standard InChI is InChI=1S/C23H26N6O3/c1-14-4-7-21(24-12-14)32-20-11-16-10-18(20)28(19(16)13-31-3)23(30)22-17(6-5-15(2)27-22)29-25-8-9-26-29/h4-9,12,16,18-20H,10-11,13H2,1-3H3. The maximum Gasteiger partial charge on any atom is 0.275 e. The number of pyridine rings is 2. The average molecular weight is 435 g/mol. The molecule has 1 amide bonds. The first kappa shape index (κ1) is 20.6. The fourth-order valence-electron chi connectivity index (χ4n) is 4.92. The molecule has 1 aliphatic carbocycles. The summed E-state index contributed by atoms with van der Waals surface area (Å²) in [5.41, 5.74) is 2.73. The smallest absolute Gasteiger partial charge is 0.275 e. The van der Waals surface area contributed by atoms with Crippen LogP contribution in [0.3, 0.4) is 0 Å². The Morgan fingerprint density at radius 1 is 1.12 bits per heavy atom. The molecule has 4 unspecified atom stereocenters. The summed E-state index contributed by atoms with van der Waals surface area (Å²) in [7, 11) is 1.67.